The van der Waals surface area contributed by atoms with E-state index in [4.69, 9.17) is 0 Å². The molecule has 2 aliphatic heterocycles. The van der Waals surface area contributed by atoms with Crippen LogP contribution in [0.15, 0.2) is 70.3 Å². The molecule has 1 saturated heterocycles. The van der Waals surface area contributed by atoms with Gasteiger partial charge in [-0.15, -0.1) is 0 Å². The highest BCUT2D eigenvalue weighted by molar-refractivity contribution is 9.10. The molecule has 2 bridgehead atoms. The normalized spacial score (nSPS) is 29.8. The summed E-state index contributed by atoms with van der Waals surface area (Å²) in [5, 5.41) is 6.14. The van der Waals surface area contributed by atoms with E-state index >= 15 is 0 Å². The van der Waals surface area contributed by atoms with Crippen LogP contribution in [0.1, 0.15) is 36.9 Å². The molecule has 166 valence electrons. The molecule has 0 N–H and O–H groups in total. The van der Waals surface area contributed by atoms with Gasteiger partial charge in [-0.2, -0.15) is 5.10 Å². The Morgan fingerprint density at radius 1 is 0.970 bits per heavy atom. The van der Waals surface area contributed by atoms with Crippen LogP contribution in [0.2, 0.25) is 0 Å². The van der Waals surface area contributed by atoms with E-state index in [2.05, 4.69) is 33.2 Å². The molecule has 1 unspecified atom stereocenters. The van der Waals surface area contributed by atoms with Gasteiger partial charge in [0.05, 0.1) is 29.3 Å². The van der Waals surface area contributed by atoms with Gasteiger partial charge in [-0.05, 0) is 47.6 Å². The minimum absolute atomic E-state index is 0.0791. The van der Waals surface area contributed by atoms with Crippen LogP contribution >= 0.6 is 15.9 Å². The predicted molar refractivity (Wildman–Crippen MR) is 127 cm³/mol. The number of fused-ring (bicyclic) bond motifs is 5. The van der Waals surface area contributed by atoms with Crippen LogP contribution in [0.25, 0.3) is 0 Å². The number of imide groups is 1. The lowest BCUT2D eigenvalue weighted by atomic mass is 9.85. The van der Waals surface area contributed by atoms with Crippen LogP contribution in [0.3, 0.4) is 0 Å². The Bertz CT molecular complexity index is 1220. The molecule has 7 heteroatoms. The highest BCUT2D eigenvalue weighted by atomic mass is 79.9. The lowest BCUT2D eigenvalue weighted by Crippen LogP contribution is -2.32. The summed E-state index contributed by atoms with van der Waals surface area (Å²) in [5.41, 5.74) is 3.29. The number of allylic oxidation sites excluding steroid dienone is 2. The van der Waals surface area contributed by atoms with Gasteiger partial charge in [0, 0.05) is 17.8 Å². The zero-order chi connectivity index (χ0) is 22.9. The highest BCUT2D eigenvalue weighted by Crippen LogP contribution is 2.53. The molecule has 2 heterocycles. The Morgan fingerprint density at radius 2 is 1.61 bits per heavy atom. The van der Waals surface area contributed by atoms with E-state index in [0.717, 1.165) is 27.7 Å². The number of halogens is 1. The van der Waals surface area contributed by atoms with Crippen LogP contribution in [0.4, 0.5) is 5.69 Å². The van der Waals surface area contributed by atoms with E-state index in [0.29, 0.717) is 12.1 Å². The van der Waals surface area contributed by atoms with E-state index in [-0.39, 0.29) is 47.4 Å². The summed E-state index contributed by atoms with van der Waals surface area (Å²) in [6.45, 7) is 1.52. The molecular formula is C26H22BrN3O3. The Kier molecular flexibility index (Phi) is 4.66. The molecule has 0 radical (unpaired) electrons. The fraction of sp³-hybridized carbons (Fsp3) is 0.308. The van der Waals surface area contributed by atoms with Crippen molar-refractivity contribution in [1.29, 1.82) is 0 Å². The smallest absolute Gasteiger partial charge is 0.240 e. The first-order valence-corrected chi connectivity index (χ1v) is 12.0. The summed E-state index contributed by atoms with van der Waals surface area (Å²) in [7, 11) is 0. The molecule has 0 spiro atoms. The van der Waals surface area contributed by atoms with Gasteiger partial charge in [-0.25, -0.2) is 5.01 Å². The zero-order valence-electron chi connectivity index (χ0n) is 18.0. The lowest BCUT2D eigenvalue weighted by molar-refractivity contribution is -0.130. The number of carbonyl (C=O) groups is 3. The van der Waals surface area contributed by atoms with E-state index in [9.17, 15) is 14.4 Å². The largest absolute Gasteiger partial charge is 0.274 e. The fourth-order valence-electron chi connectivity index (χ4n) is 5.92. The second-order valence-electron chi connectivity index (χ2n) is 9.21. The molecule has 6 rings (SSSR count). The van der Waals surface area contributed by atoms with Crippen molar-refractivity contribution in [3.63, 3.8) is 0 Å². The summed E-state index contributed by atoms with van der Waals surface area (Å²) < 4.78 is 0.938. The average Bonchev–Trinajstić information content (AvgIpc) is 3.57. The highest BCUT2D eigenvalue weighted by Gasteiger charge is 2.59. The van der Waals surface area contributed by atoms with Crippen LogP contribution in [-0.2, 0) is 14.4 Å². The van der Waals surface area contributed by atoms with Crippen molar-refractivity contribution in [2.24, 2.45) is 28.8 Å². The van der Waals surface area contributed by atoms with Gasteiger partial charge in [-0.1, -0.05) is 58.4 Å². The quantitative estimate of drug-likeness (QED) is 0.458. The van der Waals surface area contributed by atoms with Gasteiger partial charge in [0.2, 0.25) is 17.7 Å². The molecule has 4 aliphatic rings. The SMILES string of the molecule is CC(=O)N1N=C(c2ccc(N3C(=O)[C@@H]4[C@H](C3=O)[C@@H]3C=C[C@H]4C3)cc2)CC1c1ccccc1Br. The van der Waals surface area contributed by atoms with Gasteiger partial charge in [0.15, 0.2) is 0 Å². The number of amides is 3. The van der Waals surface area contributed by atoms with Crippen LogP contribution < -0.4 is 4.90 Å². The van der Waals surface area contributed by atoms with Crippen LogP contribution in [0, 0.1) is 23.7 Å². The number of carbonyl (C=O) groups excluding carboxylic acids is 3. The second kappa shape index (κ2) is 7.48. The number of hydrogen-bond acceptors (Lipinski definition) is 4. The molecule has 33 heavy (non-hydrogen) atoms. The Morgan fingerprint density at radius 3 is 2.21 bits per heavy atom. The van der Waals surface area contributed by atoms with Gasteiger partial charge in [0.25, 0.3) is 0 Å². The van der Waals surface area contributed by atoms with E-state index in [1.165, 1.54) is 16.8 Å². The fourth-order valence-corrected chi connectivity index (χ4v) is 6.47. The number of benzene rings is 2. The van der Waals surface area contributed by atoms with E-state index in [1.807, 2.05) is 48.5 Å². The predicted octanol–water partition coefficient (Wildman–Crippen LogP) is 4.46. The van der Waals surface area contributed by atoms with Gasteiger partial charge in [0.1, 0.15) is 0 Å². The first-order chi connectivity index (χ1) is 15.9. The summed E-state index contributed by atoms with van der Waals surface area (Å²) in [5.74, 6) is -0.304. The number of anilines is 1. The Hall–Kier alpha value is -3.06. The molecule has 2 fully saturated rings. The van der Waals surface area contributed by atoms with Crippen LogP contribution in [0.5, 0.6) is 0 Å². The molecule has 0 aromatic heterocycles. The molecule has 5 atom stereocenters. The Balaban J connectivity index is 1.26. The van der Waals surface area contributed by atoms with Gasteiger partial charge >= 0.3 is 0 Å². The maximum atomic E-state index is 13.1. The number of nitrogens with zero attached hydrogens (tertiary/aromatic N) is 3. The monoisotopic (exact) mass is 503 g/mol. The number of hydrogen-bond donors (Lipinski definition) is 0. The number of rotatable bonds is 3. The molecular weight excluding hydrogens is 482 g/mol. The minimum Gasteiger partial charge on any atom is -0.274 e. The first kappa shape index (κ1) is 20.5. The van der Waals surface area contributed by atoms with Crippen molar-refractivity contribution in [2.75, 3.05) is 4.90 Å². The van der Waals surface area contributed by atoms with Gasteiger partial charge < -0.3 is 0 Å². The lowest BCUT2D eigenvalue weighted by Gasteiger charge is -2.21. The van der Waals surface area contributed by atoms with Crippen molar-refractivity contribution in [1.82, 2.24) is 5.01 Å². The second-order valence-corrected chi connectivity index (χ2v) is 10.1. The summed E-state index contributed by atoms with van der Waals surface area (Å²) in [4.78, 5) is 39.8. The van der Waals surface area contributed by atoms with Crippen molar-refractivity contribution in [3.8, 4) is 0 Å². The van der Waals surface area contributed by atoms with E-state index < -0.39 is 0 Å². The van der Waals surface area contributed by atoms with Crippen molar-refractivity contribution >= 4 is 45.1 Å². The molecule has 2 aromatic rings. The topological polar surface area (TPSA) is 70.1 Å². The van der Waals surface area contributed by atoms with Crippen molar-refractivity contribution in [2.45, 2.75) is 25.8 Å². The summed E-state index contributed by atoms with van der Waals surface area (Å²) in [6, 6.07) is 15.1. The average molecular weight is 504 g/mol. The summed E-state index contributed by atoms with van der Waals surface area (Å²) >= 11 is 3.59. The maximum absolute atomic E-state index is 13.1. The summed E-state index contributed by atoms with van der Waals surface area (Å²) in [6.07, 6.45) is 5.71. The molecule has 2 aromatic carbocycles. The number of hydrazone groups is 1. The van der Waals surface area contributed by atoms with Crippen LogP contribution in [-0.4, -0.2) is 28.4 Å². The first-order valence-electron chi connectivity index (χ1n) is 11.2. The molecule has 3 amide bonds. The molecule has 1 saturated carbocycles. The zero-order valence-corrected chi connectivity index (χ0v) is 19.6. The van der Waals surface area contributed by atoms with Crippen molar-refractivity contribution < 1.29 is 14.4 Å². The van der Waals surface area contributed by atoms with Gasteiger partial charge in [-0.3, -0.25) is 19.3 Å². The standard InChI is InChI=1S/C26H22BrN3O3/c1-14(31)30-22(19-4-2-3-5-20(19)27)13-21(28-30)15-8-10-18(11-9-15)29-25(32)23-16-6-7-17(12-16)24(23)26(29)33/h2-11,16-17,22-24H,12-13H2,1H3/t16-,17+,22?,23-,24+. The van der Waals surface area contributed by atoms with E-state index in [1.54, 1.807) is 0 Å². The minimum atomic E-state index is -0.208. The third kappa shape index (κ3) is 3.05. The maximum Gasteiger partial charge on any atom is 0.240 e. The molecule has 6 nitrogen and oxygen atoms in total. The third-order valence-electron chi connectivity index (χ3n) is 7.43. The molecule has 2 aliphatic carbocycles. The Labute approximate surface area is 200 Å². The van der Waals surface area contributed by atoms with Crippen molar-refractivity contribution in [3.05, 3.63) is 76.3 Å². The third-order valence-corrected chi connectivity index (χ3v) is 8.15.